The number of ether oxygens (including phenoxy) is 2. The minimum atomic E-state index is -0.816. The molecule has 8 heteroatoms. The van der Waals surface area contributed by atoms with Crippen LogP contribution >= 0.6 is 0 Å². The summed E-state index contributed by atoms with van der Waals surface area (Å²) in [6, 6.07) is 5.78. The van der Waals surface area contributed by atoms with Crippen LogP contribution in [0.2, 0.25) is 0 Å². The maximum absolute atomic E-state index is 11.9. The van der Waals surface area contributed by atoms with Gasteiger partial charge in [-0.3, -0.25) is 19.3 Å². The number of benzene rings is 1. The van der Waals surface area contributed by atoms with Crippen molar-refractivity contribution in [1.29, 1.82) is 0 Å². The van der Waals surface area contributed by atoms with Gasteiger partial charge in [0.25, 0.3) is 5.91 Å². The number of carbonyl (C=O) groups excluding carboxylic acids is 4. The Morgan fingerprint density at radius 3 is 2.35 bits per heavy atom. The van der Waals surface area contributed by atoms with Crippen molar-refractivity contribution in [3.8, 4) is 5.75 Å². The third-order valence-electron chi connectivity index (χ3n) is 3.29. The lowest BCUT2D eigenvalue weighted by Gasteiger charge is -2.13. The van der Waals surface area contributed by atoms with Crippen LogP contribution in [0.15, 0.2) is 24.3 Å². The van der Waals surface area contributed by atoms with Crippen molar-refractivity contribution in [2.24, 2.45) is 0 Å². The lowest BCUT2D eigenvalue weighted by molar-refractivity contribution is -0.145. The zero-order chi connectivity index (χ0) is 17.0. The number of urea groups is 1. The standard InChI is InChI=1S/C15H16N2O6/c1-16-7-13(19)17(15(16)21)8-14(20)23-9-12(18)10-3-5-11(22-2)6-4-10/h3-6H,7-9H2,1-2H3. The number of hydrogen-bond donors (Lipinski definition) is 0. The summed E-state index contributed by atoms with van der Waals surface area (Å²) in [6.07, 6.45) is 0. The van der Waals surface area contributed by atoms with Crippen molar-refractivity contribution in [3.05, 3.63) is 29.8 Å². The Labute approximate surface area is 132 Å². The van der Waals surface area contributed by atoms with Gasteiger partial charge in [0.15, 0.2) is 12.4 Å². The Hall–Kier alpha value is -2.90. The largest absolute Gasteiger partial charge is 0.497 e. The van der Waals surface area contributed by atoms with Crippen molar-refractivity contribution in [3.63, 3.8) is 0 Å². The highest BCUT2D eigenvalue weighted by molar-refractivity contribution is 6.04. The molecule has 0 aromatic heterocycles. The molecule has 122 valence electrons. The number of imide groups is 1. The summed E-state index contributed by atoms with van der Waals surface area (Å²) in [5.74, 6) is -1.08. The molecule has 1 aliphatic heterocycles. The molecule has 0 radical (unpaired) electrons. The van der Waals surface area contributed by atoms with Gasteiger partial charge < -0.3 is 14.4 Å². The molecule has 0 aliphatic carbocycles. The summed E-state index contributed by atoms with van der Waals surface area (Å²) in [5.41, 5.74) is 0.367. The average molecular weight is 320 g/mol. The number of nitrogens with zero attached hydrogens (tertiary/aromatic N) is 2. The maximum atomic E-state index is 11.9. The predicted octanol–water partition coefficient (Wildman–Crippen LogP) is 0.315. The van der Waals surface area contributed by atoms with E-state index in [4.69, 9.17) is 9.47 Å². The molecule has 0 unspecified atom stereocenters. The summed E-state index contributed by atoms with van der Waals surface area (Å²) < 4.78 is 9.80. The van der Waals surface area contributed by atoms with E-state index in [1.54, 1.807) is 24.3 Å². The number of carbonyl (C=O) groups is 4. The third kappa shape index (κ3) is 3.85. The van der Waals surface area contributed by atoms with E-state index < -0.39 is 36.8 Å². The number of hydrogen-bond acceptors (Lipinski definition) is 6. The summed E-state index contributed by atoms with van der Waals surface area (Å²) in [5, 5.41) is 0. The maximum Gasteiger partial charge on any atom is 0.327 e. The van der Waals surface area contributed by atoms with E-state index in [2.05, 4.69) is 0 Å². The average Bonchev–Trinajstić information content (AvgIpc) is 2.79. The molecule has 1 aromatic carbocycles. The van der Waals surface area contributed by atoms with E-state index in [1.165, 1.54) is 19.1 Å². The van der Waals surface area contributed by atoms with Crippen molar-refractivity contribution in [2.45, 2.75) is 0 Å². The van der Waals surface area contributed by atoms with Crippen LogP contribution in [-0.2, 0) is 14.3 Å². The summed E-state index contributed by atoms with van der Waals surface area (Å²) in [6.45, 7) is -1.04. The quantitative estimate of drug-likeness (QED) is 0.425. The van der Waals surface area contributed by atoms with E-state index in [0.717, 1.165) is 4.90 Å². The van der Waals surface area contributed by atoms with Gasteiger partial charge >= 0.3 is 12.0 Å². The first-order chi connectivity index (χ1) is 10.9. The second-order valence-electron chi connectivity index (χ2n) is 4.93. The molecular weight excluding hydrogens is 304 g/mol. The summed E-state index contributed by atoms with van der Waals surface area (Å²) in [7, 11) is 2.97. The van der Waals surface area contributed by atoms with Crippen molar-refractivity contribution in [2.75, 3.05) is 33.9 Å². The third-order valence-corrected chi connectivity index (χ3v) is 3.29. The normalized spacial score (nSPS) is 14.2. The second-order valence-corrected chi connectivity index (χ2v) is 4.93. The molecule has 0 N–H and O–H groups in total. The lowest BCUT2D eigenvalue weighted by atomic mass is 10.1. The van der Waals surface area contributed by atoms with Crippen LogP contribution in [0, 0.1) is 0 Å². The molecular formula is C15H16N2O6. The van der Waals surface area contributed by atoms with Crippen LogP contribution in [-0.4, -0.2) is 67.3 Å². The fourth-order valence-electron chi connectivity index (χ4n) is 2.01. The fourth-order valence-corrected chi connectivity index (χ4v) is 2.01. The highest BCUT2D eigenvalue weighted by Crippen LogP contribution is 2.12. The smallest absolute Gasteiger partial charge is 0.327 e. The van der Waals surface area contributed by atoms with Gasteiger partial charge in [-0.05, 0) is 24.3 Å². The van der Waals surface area contributed by atoms with Crippen molar-refractivity contribution in [1.82, 2.24) is 9.80 Å². The number of ketones is 1. The van der Waals surface area contributed by atoms with E-state index in [1.807, 2.05) is 0 Å². The molecule has 23 heavy (non-hydrogen) atoms. The molecule has 0 atom stereocenters. The Balaban J connectivity index is 1.85. The number of methoxy groups -OCH3 is 1. The van der Waals surface area contributed by atoms with Gasteiger partial charge in [0.05, 0.1) is 7.11 Å². The number of esters is 1. The molecule has 0 spiro atoms. The fraction of sp³-hybridized carbons (Fsp3) is 0.333. The van der Waals surface area contributed by atoms with Gasteiger partial charge in [-0.2, -0.15) is 0 Å². The molecule has 1 aliphatic rings. The van der Waals surface area contributed by atoms with Crippen LogP contribution in [0.5, 0.6) is 5.75 Å². The monoisotopic (exact) mass is 320 g/mol. The Kier molecular flexibility index (Phi) is 4.95. The minimum Gasteiger partial charge on any atom is -0.497 e. The molecule has 1 saturated heterocycles. The highest BCUT2D eigenvalue weighted by atomic mass is 16.5. The predicted molar refractivity (Wildman–Crippen MR) is 78.0 cm³/mol. The Morgan fingerprint density at radius 2 is 1.83 bits per heavy atom. The second kappa shape index (κ2) is 6.91. The molecule has 1 aromatic rings. The van der Waals surface area contributed by atoms with Crippen LogP contribution < -0.4 is 4.74 Å². The molecule has 0 bridgehead atoms. The number of amides is 3. The minimum absolute atomic E-state index is 0.0725. The van der Waals surface area contributed by atoms with Crippen LogP contribution in [0.3, 0.4) is 0 Å². The van der Waals surface area contributed by atoms with E-state index in [9.17, 15) is 19.2 Å². The Bertz CT molecular complexity index is 640. The molecule has 2 rings (SSSR count). The van der Waals surface area contributed by atoms with Crippen LogP contribution in [0.25, 0.3) is 0 Å². The zero-order valence-corrected chi connectivity index (χ0v) is 12.8. The number of likely N-dealkylation sites (N-methyl/N-ethyl adjacent to an activating group) is 1. The van der Waals surface area contributed by atoms with Crippen LogP contribution in [0.4, 0.5) is 4.79 Å². The topological polar surface area (TPSA) is 93.2 Å². The first kappa shape index (κ1) is 16.5. The van der Waals surface area contributed by atoms with E-state index >= 15 is 0 Å². The van der Waals surface area contributed by atoms with Gasteiger partial charge in [-0.1, -0.05) is 0 Å². The summed E-state index contributed by atoms with van der Waals surface area (Å²) in [4.78, 5) is 48.7. The van der Waals surface area contributed by atoms with Crippen LogP contribution in [0.1, 0.15) is 10.4 Å². The first-order valence-corrected chi connectivity index (χ1v) is 6.80. The Morgan fingerprint density at radius 1 is 1.17 bits per heavy atom. The molecule has 1 heterocycles. The van der Waals surface area contributed by atoms with Gasteiger partial charge in [-0.25, -0.2) is 4.79 Å². The van der Waals surface area contributed by atoms with E-state index in [-0.39, 0.29) is 6.54 Å². The lowest BCUT2D eigenvalue weighted by Crippen LogP contribution is -2.37. The highest BCUT2D eigenvalue weighted by Gasteiger charge is 2.35. The van der Waals surface area contributed by atoms with Crippen molar-refractivity contribution >= 4 is 23.7 Å². The molecule has 1 fully saturated rings. The number of Topliss-reactive ketones (excluding diaryl/α,β-unsaturated/α-hetero) is 1. The van der Waals surface area contributed by atoms with Gasteiger partial charge in [0.2, 0.25) is 0 Å². The van der Waals surface area contributed by atoms with E-state index in [0.29, 0.717) is 11.3 Å². The zero-order valence-electron chi connectivity index (χ0n) is 12.8. The summed E-state index contributed by atoms with van der Waals surface area (Å²) >= 11 is 0. The van der Waals surface area contributed by atoms with Gasteiger partial charge in [0.1, 0.15) is 18.8 Å². The van der Waals surface area contributed by atoms with Crippen molar-refractivity contribution < 1.29 is 28.7 Å². The SMILES string of the molecule is COc1ccc(C(=O)COC(=O)CN2C(=O)CN(C)C2=O)cc1. The molecule has 8 nitrogen and oxygen atoms in total. The molecule has 0 saturated carbocycles. The number of rotatable bonds is 6. The van der Waals surface area contributed by atoms with Gasteiger partial charge in [0, 0.05) is 12.6 Å². The first-order valence-electron chi connectivity index (χ1n) is 6.80. The van der Waals surface area contributed by atoms with Gasteiger partial charge in [-0.15, -0.1) is 0 Å². The molecule has 3 amide bonds.